The van der Waals surface area contributed by atoms with Gasteiger partial charge in [-0.2, -0.15) is 0 Å². The maximum Gasteiger partial charge on any atom is 0.335 e. The standard InChI is InChI=1S/C12H16FNO5S/c1-12(2,5-6-15)14-20(18,19)10-4-3-8(11(16)17)7-9(10)13/h3-4,7,14-15H,5-6H2,1-2H3,(H,16,17). The van der Waals surface area contributed by atoms with Gasteiger partial charge in [-0.05, 0) is 38.5 Å². The molecule has 0 unspecified atom stereocenters. The highest BCUT2D eigenvalue weighted by Gasteiger charge is 2.28. The number of aliphatic hydroxyl groups is 1. The summed E-state index contributed by atoms with van der Waals surface area (Å²) in [6, 6.07) is 2.56. The highest BCUT2D eigenvalue weighted by molar-refractivity contribution is 7.89. The molecular formula is C12H16FNO5S. The van der Waals surface area contributed by atoms with E-state index >= 15 is 0 Å². The highest BCUT2D eigenvalue weighted by atomic mass is 32.2. The SMILES string of the molecule is CC(C)(CCO)NS(=O)(=O)c1ccc(C(=O)O)cc1F. The summed E-state index contributed by atoms with van der Waals surface area (Å²) in [6.07, 6.45) is 0.154. The van der Waals surface area contributed by atoms with Gasteiger partial charge in [-0.1, -0.05) is 0 Å². The van der Waals surface area contributed by atoms with E-state index < -0.39 is 32.2 Å². The van der Waals surface area contributed by atoms with Crippen molar-refractivity contribution in [3.8, 4) is 0 Å². The molecule has 6 nitrogen and oxygen atoms in total. The minimum Gasteiger partial charge on any atom is -0.478 e. The Bertz CT molecular complexity index is 612. The molecule has 0 amide bonds. The second-order valence-corrected chi connectivity index (χ2v) is 6.56. The fourth-order valence-corrected chi connectivity index (χ4v) is 3.10. The van der Waals surface area contributed by atoms with Crippen LogP contribution in [0.1, 0.15) is 30.6 Å². The molecule has 3 N–H and O–H groups in total. The lowest BCUT2D eigenvalue weighted by Gasteiger charge is -2.25. The van der Waals surface area contributed by atoms with Crippen LogP contribution in [0.15, 0.2) is 23.1 Å². The topological polar surface area (TPSA) is 104 Å². The van der Waals surface area contributed by atoms with Crippen LogP contribution in [-0.4, -0.2) is 36.7 Å². The Balaban J connectivity index is 3.14. The minimum absolute atomic E-state index is 0.154. The molecule has 112 valence electrons. The van der Waals surface area contributed by atoms with Crippen molar-refractivity contribution in [2.24, 2.45) is 0 Å². The number of hydrogen-bond acceptors (Lipinski definition) is 4. The Morgan fingerprint density at radius 1 is 1.40 bits per heavy atom. The molecule has 0 atom stereocenters. The van der Waals surface area contributed by atoms with E-state index in [1.165, 1.54) is 0 Å². The van der Waals surface area contributed by atoms with Crippen LogP contribution in [0.3, 0.4) is 0 Å². The lowest BCUT2D eigenvalue weighted by molar-refractivity contribution is 0.0696. The molecule has 0 heterocycles. The van der Waals surface area contributed by atoms with Crippen molar-refractivity contribution in [2.45, 2.75) is 30.7 Å². The first-order chi connectivity index (χ1) is 9.09. The van der Waals surface area contributed by atoms with Crippen molar-refractivity contribution in [3.05, 3.63) is 29.6 Å². The Hall–Kier alpha value is -1.51. The predicted octanol–water partition coefficient (Wildman–Crippen LogP) is 0.963. The van der Waals surface area contributed by atoms with Crippen molar-refractivity contribution < 1.29 is 27.8 Å². The number of nitrogens with one attached hydrogen (secondary N) is 1. The van der Waals surface area contributed by atoms with E-state index in [0.717, 1.165) is 12.1 Å². The number of aliphatic hydroxyl groups excluding tert-OH is 1. The number of halogens is 1. The lowest BCUT2D eigenvalue weighted by atomic mass is 10.0. The first-order valence-corrected chi connectivity index (χ1v) is 7.25. The smallest absolute Gasteiger partial charge is 0.335 e. The van der Waals surface area contributed by atoms with E-state index in [9.17, 15) is 17.6 Å². The number of aromatic carboxylic acids is 1. The molecule has 0 fully saturated rings. The first kappa shape index (κ1) is 16.5. The van der Waals surface area contributed by atoms with Crippen LogP contribution < -0.4 is 4.72 Å². The van der Waals surface area contributed by atoms with Crippen LogP contribution in [-0.2, 0) is 10.0 Å². The maximum absolute atomic E-state index is 13.7. The molecule has 1 rings (SSSR count). The molecule has 0 aliphatic heterocycles. The van der Waals surface area contributed by atoms with E-state index in [1.807, 2.05) is 0 Å². The van der Waals surface area contributed by atoms with Gasteiger partial charge in [0.15, 0.2) is 0 Å². The highest BCUT2D eigenvalue weighted by Crippen LogP contribution is 2.19. The van der Waals surface area contributed by atoms with Gasteiger partial charge < -0.3 is 10.2 Å². The quantitative estimate of drug-likeness (QED) is 0.726. The van der Waals surface area contributed by atoms with Crippen molar-refractivity contribution in [1.82, 2.24) is 4.72 Å². The number of hydrogen-bond donors (Lipinski definition) is 3. The van der Waals surface area contributed by atoms with E-state index in [4.69, 9.17) is 10.2 Å². The number of carboxylic acids is 1. The molecule has 0 saturated carbocycles. The monoisotopic (exact) mass is 305 g/mol. The van der Waals surface area contributed by atoms with Gasteiger partial charge in [0.25, 0.3) is 0 Å². The Kier molecular flexibility index (Phi) is 4.85. The fraction of sp³-hybridized carbons (Fsp3) is 0.417. The van der Waals surface area contributed by atoms with E-state index in [0.29, 0.717) is 6.07 Å². The van der Waals surface area contributed by atoms with E-state index in [2.05, 4.69) is 4.72 Å². The van der Waals surface area contributed by atoms with Crippen LogP contribution in [0.5, 0.6) is 0 Å². The zero-order chi connectivity index (χ0) is 15.6. The van der Waals surface area contributed by atoms with Gasteiger partial charge >= 0.3 is 5.97 Å². The van der Waals surface area contributed by atoms with Crippen molar-refractivity contribution >= 4 is 16.0 Å². The van der Waals surface area contributed by atoms with E-state index in [-0.39, 0.29) is 18.6 Å². The zero-order valence-electron chi connectivity index (χ0n) is 11.1. The molecule has 0 aromatic heterocycles. The Morgan fingerprint density at radius 3 is 2.45 bits per heavy atom. The fourth-order valence-electron chi connectivity index (χ4n) is 1.60. The van der Waals surface area contributed by atoms with Crippen LogP contribution >= 0.6 is 0 Å². The number of carbonyl (C=O) groups is 1. The Morgan fingerprint density at radius 2 is 2.00 bits per heavy atom. The molecule has 0 aliphatic carbocycles. The summed E-state index contributed by atoms with van der Waals surface area (Å²) < 4.78 is 40.1. The molecule has 20 heavy (non-hydrogen) atoms. The summed E-state index contributed by atoms with van der Waals surface area (Å²) in [7, 11) is -4.14. The second kappa shape index (κ2) is 5.86. The molecule has 0 aliphatic rings. The van der Waals surface area contributed by atoms with Crippen molar-refractivity contribution in [3.63, 3.8) is 0 Å². The molecule has 0 saturated heterocycles. The number of rotatable bonds is 6. The third-order valence-electron chi connectivity index (χ3n) is 2.62. The summed E-state index contributed by atoms with van der Waals surface area (Å²) in [5, 5.41) is 17.5. The average Bonchev–Trinajstić information content (AvgIpc) is 2.26. The van der Waals surface area contributed by atoms with Crippen LogP contribution in [0, 0.1) is 5.82 Å². The summed E-state index contributed by atoms with van der Waals surface area (Å²) >= 11 is 0. The van der Waals surface area contributed by atoms with E-state index in [1.54, 1.807) is 13.8 Å². The summed E-state index contributed by atoms with van der Waals surface area (Å²) in [5.41, 5.74) is -1.29. The van der Waals surface area contributed by atoms with Crippen LogP contribution in [0.4, 0.5) is 4.39 Å². The molecule has 1 aromatic rings. The normalized spacial score (nSPS) is 12.4. The summed E-state index contributed by atoms with van der Waals surface area (Å²) in [4.78, 5) is 10.0. The maximum atomic E-state index is 13.7. The first-order valence-electron chi connectivity index (χ1n) is 5.77. The van der Waals surface area contributed by atoms with Gasteiger partial charge in [-0.25, -0.2) is 22.3 Å². The third-order valence-corrected chi connectivity index (χ3v) is 4.35. The minimum atomic E-state index is -4.14. The van der Waals surface area contributed by atoms with Gasteiger partial charge in [0, 0.05) is 12.1 Å². The van der Waals surface area contributed by atoms with Crippen molar-refractivity contribution in [1.29, 1.82) is 0 Å². The van der Waals surface area contributed by atoms with Crippen LogP contribution in [0.2, 0.25) is 0 Å². The number of carboxylic acid groups (broad SMARTS) is 1. The largest absolute Gasteiger partial charge is 0.478 e. The molecule has 1 aromatic carbocycles. The predicted molar refractivity (Wildman–Crippen MR) is 69.5 cm³/mol. The van der Waals surface area contributed by atoms with Gasteiger partial charge in [-0.3, -0.25) is 0 Å². The number of sulfonamides is 1. The van der Waals surface area contributed by atoms with Gasteiger partial charge in [0.2, 0.25) is 10.0 Å². The van der Waals surface area contributed by atoms with Gasteiger partial charge in [0.05, 0.1) is 5.56 Å². The zero-order valence-corrected chi connectivity index (χ0v) is 11.9. The summed E-state index contributed by atoms with van der Waals surface area (Å²) in [5.74, 6) is -2.49. The molecule has 0 radical (unpaired) electrons. The number of benzene rings is 1. The molecular weight excluding hydrogens is 289 g/mol. The van der Waals surface area contributed by atoms with Gasteiger partial charge in [-0.15, -0.1) is 0 Å². The third kappa shape index (κ3) is 3.99. The molecule has 8 heteroatoms. The molecule has 0 bridgehead atoms. The lowest BCUT2D eigenvalue weighted by Crippen LogP contribution is -2.44. The summed E-state index contributed by atoms with van der Waals surface area (Å²) in [6.45, 7) is 2.87. The average molecular weight is 305 g/mol. The molecule has 0 spiro atoms. The Labute approximate surface area is 116 Å². The van der Waals surface area contributed by atoms with Crippen LogP contribution in [0.25, 0.3) is 0 Å². The van der Waals surface area contributed by atoms with Crippen molar-refractivity contribution in [2.75, 3.05) is 6.61 Å². The second-order valence-electron chi connectivity index (χ2n) is 4.91. The van der Waals surface area contributed by atoms with Gasteiger partial charge in [0.1, 0.15) is 10.7 Å².